The van der Waals surface area contributed by atoms with E-state index in [0.717, 1.165) is 17.1 Å². The van der Waals surface area contributed by atoms with Crippen molar-refractivity contribution >= 4 is 23.3 Å². The smallest absolute Gasteiger partial charge is 0.272 e. The Balaban J connectivity index is 1.39. The summed E-state index contributed by atoms with van der Waals surface area (Å²) in [5.41, 5.74) is 2.27. The van der Waals surface area contributed by atoms with Crippen LogP contribution in [0.2, 0.25) is 5.02 Å². The predicted octanol–water partition coefficient (Wildman–Crippen LogP) is 3.15. The maximum atomic E-state index is 12.5. The lowest BCUT2D eigenvalue weighted by molar-refractivity contribution is 0.0740. The van der Waals surface area contributed by atoms with E-state index in [-0.39, 0.29) is 5.91 Å². The van der Waals surface area contributed by atoms with Crippen molar-refractivity contribution < 1.29 is 4.79 Å². The average molecular weight is 380 g/mol. The maximum absolute atomic E-state index is 12.5. The molecule has 0 atom stereocenters. The van der Waals surface area contributed by atoms with Crippen molar-refractivity contribution in [1.29, 1.82) is 0 Å². The lowest BCUT2D eigenvalue weighted by Crippen LogP contribution is -2.49. The monoisotopic (exact) mass is 379 g/mol. The van der Waals surface area contributed by atoms with Crippen molar-refractivity contribution in [1.82, 2.24) is 20.1 Å². The van der Waals surface area contributed by atoms with Crippen LogP contribution in [0, 0.1) is 0 Å². The van der Waals surface area contributed by atoms with Crippen LogP contribution in [-0.4, -0.2) is 52.2 Å². The first kappa shape index (κ1) is 17.4. The van der Waals surface area contributed by atoms with Gasteiger partial charge in [0.15, 0.2) is 5.82 Å². The van der Waals surface area contributed by atoms with Gasteiger partial charge in [-0.1, -0.05) is 29.8 Å². The van der Waals surface area contributed by atoms with E-state index in [1.54, 1.807) is 18.3 Å². The molecule has 0 radical (unpaired) electrons. The van der Waals surface area contributed by atoms with Crippen LogP contribution in [0.25, 0.3) is 11.3 Å². The first-order valence-corrected chi connectivity index (χ1v) is 9.13. The first-order valence-electron chi connectivity index (χ1n) is 8.75. The molecule has 0 spiro atoms. The van der Waals surface area contributed by atoms with Gasteiger partial charge >= 0.3 is 0 Å². The molecule has 2 aromatic heterocycles. The van der Waals surface area contributed by atoms with E-state index in [1.165, 1.54) is 0 Å². The summed E-state index contributed by atoms with van der Waals surface area (Å²) < 4.78 is 0. The Hall–Kier alpha value is -2.99. The number of carbonyl (C=O) groups excluding carboxylic acids is 1. The minimum Gasteiger partial charge on any atom is -0.352 e. The summed E-state index contributed by atoms with van der Waals surface area (Å²) in [7, 11) is 0. The molecule has 0 N–H and O–H groups in total. The molecular formula is C20H18ClN5O. The molecule has 1 saturated heterocycles. The van der Waals surface area contributed by atoms with Crippen LogP contribution < -0.4 is 4.90 Å². The fourth-order valence-electron chi connectivity index (χ4n) is 3.06. The normalized spacial score (nSPS) is 14.3. The van der Waals surface area contributed by atoms with Gasteiger partial charge in [-0.15, -0.1) is 10.2 Å². The molecule has 27 heavy (non-hydrogen) atoms. The molecule has 1 aliphatic rings. The number of benzene rings is 1. The summed E-state index contributed by atoms with van der Waals surface area (Å²) in [5.74, 6) is 0.789. The number of hydrogen-bond acceptors (Lipinski definition) is 5. The number of halogens is 1. The average Bonchev–Trinajstić information content (AvgIpc) is 2.75. The summed E-state index contributed by atoms with van der Waals surface area (Å²) in [4.78, 5) is 20.6. The maximum Gasteiger partial charge on any atom is 0.272 e. The SMILES string of the molecule is O=C(c1ccccn1)N1CCN(c2ccc(-c3ccc(Cl)cc3)nn2)CC1. The third-order valence-electron chi connectivity index (χ3n) is 4.57. The zero-order chi connectivity index (χ0) is 18.6. The Morgan fingerprint density at radius 2 is 1.67 bits per heavy atom. The molecule has 1 aromatic carbocycles. The van der Waals surface area contributed by atoms with Crippen LogP contribution in [0.4, 0.5) is 5.82 Å². The summed E-state index contributed by atoms with van der Waals surface area (Å²) in [6.45, 7) is 2.70. The second-order valence-electron chi connectivity index (χ2n) is 6.28. The topological polar surface area (TPSA) is 62.2 Å². The minimum atomic E-state index is -0.0283. The van der Waals surface area contributed by atoms with Gasteiger partial charge in [0.1, 0.15) is 5.69 Å². The molecule has 7 heteroatoms. The molecule has 0 aliphatic carbocycles. The number of piperazine rings is 1. The molecule has 136 valence electrons. The van der Waals surface area contributed by atoms with Crippen molar-refractivity contribution in [2.45, 2.75) is 0 Å². The van der Waals surface area contributed by atoms with Gasteiger partial charge in [-0.3, -0.25) is 9.78 Å². The number of amides is 1. The molecule has 0 saturated carbocycles. The van der Waals surface area contributed by atoms with E-state index in [0.29, 0.717) is 36.9 Å². The van der Waals surface area contributed by atoms with Gasteiger partial charge in [-0.2, -0.15) is 0 Å². The summed E-state index contributed by atoms with van der Waals surface area (Å²) in [6.07, 6.45) is 1.64. The van der Waals surface area contributed by atoms with Crippen LogP contribution >= 0.6 is 11.6 Å². The van der Waals surface area contributed by atoms with Crippen molar-refractivity contribution in [2.24, 2.45) is 0 Å². The van der Waals surface area contributed by atoms with Crippen LogP contribution in [0.1, 0.15) is 10.5 Å². The van der Waals surface area contributed by atoms with E-state index < -0.39 is 0 Å². The lowest BCUT2D eigenvalue weighted by Gasteiger charge is -2.35. The fourth-order valence-corrected chi connectivity index (χ4v) is 3.18. The van der Waals surface area contributed by atoms with E-state index in [4.69, 9.17) is 11.6 Å². The van der Waals surface area contributed by atoms with Crippen LogP contribution in [0.15, 0.2) is 60.8 Å². The first-order chi connectivity index (χ1) is 13.2. The van der Waals surface area contributed by atoms with Gasteiger partial charge in [-0.25, -0.2) is 0 Å². The number of rotatable bonds is 3. The van der Waals surface area contributed by atoms with Gasteiger partial charge < -0.3 is 9.80 Å². The zero-order valence-electron chi connectivity index (χ0n) is 14.6. The highest BCUT2D eigenvalue weighted by atomic mass is 35.5. The molecule has 1 fully saturated rings. The molecule has 1 amide bonds. The van der Waals surface area contributed by atoms with E-state index >= 15 is 0 Å². The van der Waals surface area contributed by atoms with Gasteiger partial charge in [0.05, 0.1) is 5.69 Å². The van der Waals surface area contributed by atoms with Crippen LogP contribution in [0.5, 0.6) is 0 Å². The van der Waals surface area contributed by atoms with Gasteiger partial charge in [0.25, 0.3) is 5.91 Å². The van der Waals surface area contributed by atoms with Crippen molar-refractivity contribution in [2.75, 3.05) is 31.1 Å². The zero-order valence-corrected chi connectivity index (χ0v) is 15.4. The highest BCUT2D eigenvalue weighted by Gasteiger charge is 2.23. The highest BCUT2D eigenvalue weighted by molar-refractivity contribution is 6.30. The molecule has 3 aromatic rings. The van der Waals surface area contributed by atoms with Crippen LogP contribution in [0.3, 0.4) is 0 Å². The number of aromatic nitrogens is 3. The van der Waals surface area contributed by atoms with E-state index in [1.807, 2.05) is 47.4 Å². The number of carbonyl (C=O) groups is 1. The Morgan fingerprint density at radius 1 is 0.889 bits per heavy atom. The molecule has 0 unspecified atom stereocenters. The summed E-state index contributed by atoms with van der Waals surface area (Å²) in [6, 6.07) is 16.8. The summed E-state index contributed by atoms with van der Waals surface area (Å²) >= 11 is 5.92. The van der Waals surface area contributed by atoms with Gasteiger partial charge in [0.2, 0.25) is 0 Å². The Kier molecular flexibility index (Phi) is 4.98. The second-order valence-corrected chi connectivity index (χ2v) is 6.71. The molecular weight excluding hydrogens is 362 g/mol. The highest BCUT2D eigenvalue weighted by Crippen LogP contribution is 2.21. The van der Waals surface area contributed by atoms with Crippen molar-refractivity contribution in [3.05, 3.63) is 71.5 Å². The van der Waals surface area contributed by atoms with Crippen LogP contribution in [-0.2, 0) is 0 Å². The second kappa shape index (κ2) is 7.72. The van der Waals surface area contributed by atoms with Crippen molar-refractivity contribution in [3.63, 3.8) is 0 Å². The molecule has 6 nitrogen and oxygen atoms in total. The molecule has 1 aliphatic heterocycles. The van der Waals surface area contributed by atoms with Gasteiger partial charge in [-0.05, 0) is 36.4 Å². The number of anilines is 1. The number of pyridine rings is 1. The third kappa shape index (κ3) is 3.90. The van der Waals surface area contributed by atoms with E-state index in [2.05, 4.69) is 20.1 Å². The molecule has 0 bridgehead atoms. The lowest BCUT2D eigenvalue weighted by atomic mass is 10.1. The largest absolute Gasteiger partial charge is 0.352 e. The Labute approximate surface area is 162 Å². The van der Waals surface area contributed by atoms with Crippen molar-refractivity contribution in [3.8, 4) is 11.3 Å². The Morgan fingerprint density at radius 3 is 2.30 bits per heavy atom. The quantitative estimate of drug-likeness (QED) is 0.699. The molecule has 4 rings (SSSR count). The number of nitrogens with zero attached hydrogens (tertiary/aromatic N) is 5. The van der Waals surface area contributed by atoms with Gasteiger partial charge in [0, 0.05) is 43.0 Å². The number of hydrogen-bond donors (Lipinski definition) is 0. The standard InChI is InChI=1S/C20H18ClN5O/c21-16-6-4-15(5-7-16)17-8-9-19(24-23-17)25-11-13-26(14-12-25)20(27)18-3-1-2-10-22-18/h1-10H,11-14H2. The van der Waals surface area contributed by atoms with E-state index in [9.17, 15) is 4.79 Å². The molecule has 3 heterocycles. The minimum absolute atomic E-state index is 0.0283. The third-order valence-corrected chi connectivity index (χ3v) is 4.82. The predicted molar refractivity (Wildman–Crippen MR) is 105 cm³/mol. The fraction of sp³-hybridized carbons (Fsp3) is 0.200. The Bertz CT molecular complexity index is 907. The summed E-state index contributed by atoms with van der Waals surface area (Å²) in [5, 5.41) is 9.38.